The van der Waals surface area contributed by atoms with Gasteiger partial charge in [0.1, 0.15) is 0 Å². The first kappa shape index (κ1) is 16.8. The van der Waals surface area contributed by atoms with Gasteiger partial charge in [-0.15, -0.1) is 0 Å². The van der Waals surface area contributed by atoms with E-state index >= 15 is 0 Å². The van der Waals surface area contributed by atoms with E-state index in [0.29, 0.717) is 23.1 Å². The second kappa shape index (κ2) is 8.79. The molecule has 0 radical (unpaired) electrons. The number of halogens is 2. The average molecular weight is 349 g/mol. The van der Waals surface area contributed by atoms with Crippen LogP contribution in [0.2, 0.25) is 10.0 Å². The number of thiocarbonyl (C=S) groups is 1. The van der Waals surface area contributed by atoms with Crippen LogP contribution in [0.3, 0.4) is 0 Å². The maximum absolute atomic E-state index is 5.91. The first-order chi connectivity index (χ1) is 10.6. The quantitative estimate of drug-likeness (QED) is 0.538. The molecule has 0 aliphatic rings. The first-order valence-electron chi connectivity index (χ1n) is 6.66. The van der Waals surface area contributed by atoms with E-state index in [1.165, 1.54) is 0 Å². The van der Waals surface area contributed by atoms with Gasteiger partial charge >= 0.3 is 0 Å². The zero-order chi connectivity index (χ0) is 15.8. The molecule has 0 saturated heterocycles. The van der Waals surface area contributed by atoms with Crippen LogP contribution < -0.4 is 0 Å². The summed E-state index contributed by atoms with van der Waals surface area (Å²) >= 11 is 17.1. The number of hydrogen-bond donors (Lipinski definition) is 0. The molecule has 2 nitrogen and oxygen atoms in total. The van der Waals surface area contributed by atoms with E-state index in [-0.39, 0.29) is 0 Å². The molecule has 0 N–H and O–H groups in total. The third-order valence-corrected chi connectivity index (χ3v) is 3.44. The van der Waals surface area contributed by atoms with Crippen LogP contribution in [0, 0.1) is 0 Å². The molecule has 0 aromatic heterocycles. The zero-order valence-corrected chi connectivity index (χ0v) is 14.1. The highest BCUT2D eigenvalue weighted by Gasteiger charge is 1.94. The van der Waals surface area contributed by atoms with E-state index in [4.69, 9.17) is 35.4 Å². The molecule has 5 heteroatoms. The van der Waals surface area contributed by atoms with E-state index in [0.717, 1.165) is 16.0 Å². The summed E-state index contributed by atoms with van der Waals surface area (Å²) in [7, 11) is 0. The van der Waals surface area contributed by atoms with Gasteiger partial charge in [-0.25, -0.2) is 0 Å². The molecule has 22 heavy (non-hydrogen) atoms. The van der Waals surface area contributed by atoms with Crippen molar-refractivity contribution < 1.29 is 0 Å². The van der Waals surface area contributed by atoms with Crippen molar-refractivity contribution in [3.63, 3.8) is 0 Å². The average Bonchev–Trinajstić information content (AvgIpc) is 2.47. The van der Waals surface area contributed by atoms with Crippen molar-refractivity contribution in [1.29, 1.82) is 0 Å². The number of aliphatic imine (C=N–C) groups is 2. The van der Waals surface area contributed by atoms with Gasteiger partial charge in [-0.3, -0.25) is 9.98 Å². The van der Waals surface area contributed by atoms with Crippen molar-refractivity contribution in [2.24, 2.45) is 9.98 Å². The molecule has 2 rings (SSSR count). The number of rotatable bonds is 6. The minimum Gasteiger partial charge on any atom is -0.287 e. The van der Waals surface area contributed by atoms with Crippen molar-refractivity contribution in [3.8, 4) is 0 Å². The predicted molar refractivity (Wildman–Crippen MR) is 100 cm³/mol. The summed E-state index contributed by atoms with van der Waals surface area (Å²) in [6, 6.07) is 15.0. The Labute approximate surface area is 145 Å². The van der Waals surface area contributed by atoms with Crippen LogP contribution in [0.5, 0.6) is 0 Å². The van der Waals surface area contributed by atoms with Gasteiger partial charge in [0.05, 0.1) is 13.1 Å². The van der Waals surface area contributed by atoms with Crippen molar-refractivity contribution in [2.75, 3.05) is 13.1 Å². The fraction of sp³-hybridized carbons (Fsp3) is 0.118. The van der Waals surface area contributed by atoms with Crippen molar-refractivity contribution in [2.45, 2.75) is 0 Å². The Morgan fingerprint density at radius 2 is 1.32 bits per heavy atom. The molecule has 112 valence electrons. The van der Waals surface area contributed by atoms with Gasteiger partial charge in [0.15, 0.2) is 0 Å². The number of hydrogen-bond acceptors (Lipinski definition) is 3. The van der Waals surface area contributed by atoms with Gasteiger partial charge in [-0.2, -0.15) is 0 Å². The van der Waals surface area contributed by atoms with E-state index in [1.54, 1.807) is 12.4 Å². The molecule has 0 amide bonds. The van der Waals surface area contributed by atoms with Crippen LogP contribution in [-0.2, 0) is 0 Å². The highest BCUT2D eigenvalue weighted by molar-refractivity contribution is 7.80. The zero-order valence-electron chi connectivity index (χ0n) is 11.7. The molecule has 0 aliphatic heterocycles. The second-order valence-corrected chi connectivity index (χ2v) is 6.04. The third-order valence-electron chi connectivity index (χ3n) is 2.71. The standard InChI is InChI=1S/C17H14Cl2N2S/c18-15-5-1-3-13(7-15)9-20-11-17(22)12-21-10-14-4-2-6-16(19)8-14/h1-10H,11-12H2. The summed E-state index contributed by atoms with van der Waals surface area (Å²) < 4.78 is 0. The monoisotopic (exact) mass is 348 g/mol. The Morgan fingerprint density at radius 3 is 1.73 bits per heavy atom. The minimum atomic E-state index is 0.467. The molecular formula is C17H14Cl2N2S. The molecule has 0 unspecified atom stereocenters. The van der Waals surface area contributed by atoms with Gasteiger partial charge in [-0.05, 0) is 35.4 Å². The largest absolute Gasteiger partial charge is 0.287 e. The Hall–Kier alpha value is -1.55. The van der Waals surface area contributed by atoms with Gasteiger partial charge in [0.2, 0.25) is 0 Å². The molecular weight excluding hydrogens is 335 g/mol. The second-order valence-electron chi connectivity index (χ2n) is 4.59. The lowest BCUT2D eigenvalue weighted by Gasteiger charge is -1.97. The Kier molecular flexibility index (Phi) is 6.72. The summed E-state index contributed by atoms with van der Waals surface area (Å²) in [5, 5.41) is 1.38. The molecule has 2 aromatic rings. The van der Waals surface area contributed by atoms with Crippen LogP contribution >= 0.6 is 35.4 Å². The predicted octanol–water partition coefficient (Wildman–Crippen LogP) is 4.90. The van der Waals surface area contributed by atoms with Gasteiger partial charge in [-0.1, -0.05) is 59.7 Å². The maximum atomic E-state index is 5.91. The minimum absolute atomic E-state index is 0.467. The maximum Gasteiger partial charge on any atom is 0.0721 e. The summed E-state index contributed by atoms with van der Waals surface area (Å²) in [5.74, 6) is 0. The molecule has 0 spiro atoms. The topological polar surface area (TPSA) is 24.7 Å². The van der Waals surface area contributed by atoms with Gasteiger partial charge in [0, 0.05) is 27.3 Å². The Balaban J connectivity index is 1.81. The van der Waals surface area contributed by atoms with Crippen LogP contribution in [0.15, 0.2) is 58.5 Å². The van der Waals surface area contributed by atoms with Crippen LogP contribution in [0.25, 0.3) is 0 Å². The van der Waals surface area contributed by atoms with Crippen LogP contribution in [0.4, 0.5) is 0 Å². The van der Waals surface area contributed by atoms with Crippen molar-refractivity contribution >= 4 is 52.7 Å². The SMILES string of the molecule is S=C(CN=Cc1cccc(Cl)c1)CN=Cc1cccc(Cl)c1. The van der Waals surface area contributed by atoms with E-state index in [1.807, 2.05) is 48.5 Å². The lowest BCUT2D eigenvalue weighted by molar-refractivity contribution is 1.24. The normalized spacial score (nSPS) is 11.4. The smallest absolute Gasteiger partial charge is 0.0721 e. The Bertz CT molecular complexity index is 652. The summed E-state index contributed by atoms with van der Waals surface area (Å²) in [6.07, 6.45) is 3.53. The molecule has 2 aromatic carbocycles. The van der Waals surface area contributed by atoms with Crippen molar-refractivity contribution in [1.82, 2.24) is 0 Å². The van der Waals surface area contributed by atoms with E-state index in [9.17, 15) is 0 Å². The third kappa shape index (κ3) is 6.06. The molecule has 0 saturated carbocycles. The fourth-order valence-corrected chi connectivity index (χ4v) is 2.28. The fourth-order valence-electron chi connectivity index (χ4n) is 1.73. The number of benzene rings is 2. The summed E-state index contributed by atoms with van der Waals surface area (Å²) in [5.41, 5.74) is 1.91. The first-order valence-corrected chi connectivity index (χ1v) is 7.82. The van der Waals surface area contributed by atoms with Crippen LogP contribution in [-0.4, -0.2) is 30.4 Å². The highest BCUT2D eigenvalue weighted by Crippen LogP contribution is 2.09. The molecule has 0 aliphatic carbocycles. The van der Waals surface area contributed by atoms with Crippen molar-refractivity contribution in [3.05, 3.63) is 69.7 Å². The molecule has 0 heterocycles. The van der Waals surface area contributed by atoms with Gasteiger partial charge < -0.3 is 0 Å². The lowest BCUT2D eigenvalue weighted by Crippen LogP contribution is -2.04. The lowest BCUT2D eigenvalue weighted by atomic mass is 10.2. The highest BCUT2D eigenvalue weighted by atomic mass is 35.5. The van der Waals surface area contributed by atoms with E-state index in [2.05, 4.69) is 9.98 Å². The molecule has 0 fully saturated rings. The Morgan fingerprint density at radius 1 is 0.864 bits per heavy atom. The number of nitrogens with zero attached hydrogens (tertiary/aromatic N) is 2. The van der Waals surface area contributed by atoms with Gasteiger partial charge in [0.25, 0.3) is 0 Å². The molecule has 0 atom stereocenters. The molecule has 0 bridgehead atoms. The van der Waals surface area contributed by atoms with Crippen LogP contribution in [0.1, 0.15) is 11.1 Å². The summed E-state index contributed by atoms with van der Waals surface area (Å²) in [6.45, 7) is 0.934. The van der Waals surface area contributed by atoms with E-state index < -0.39 is 0 Å². The summed E-state index contributed by atoms with van der Waals surface area (Å²) in [4.78, 5) is 9.38.